The Balaban J connectivity index is 2.75. The highest BCUT2D eigenvalue weighted by Gasteiger charge is 1.88. The molecule has 0 saturated heterocycles. The van der Waals surface area contributed by atoms with Crippen LogP contribution in [0.5, 0.6) is 0 Å². The van der Waals surface area contributed by atoms with Crippen molar-refractivity contribution >= 4 is 11.8 Å². The predicted octanol–water partition coefficient (Wildman–Crippen LogP) is 3.30. The van der Waals surface area contributed by atoms with Crippen molar-refractivity contribution in [2.45, 2.75) is 20.3 Å². The van der Waals surface area contributed by atoms with Gasteiger partial charge in [-0.25, -0.2) is 0 Å². The lowest BCUT2D eigenvalue weighted by atomic mass is 10.1. The number of hydrogen-bond donors (Lipinski definition) is 1. The quantitative estimate of drug-likeness (QED) is 0.678. The van der Waals surface area contributed by atoms with E-state index in [9.17, 15) is 0 Å². The van der Waals surface area contributed by atoms with Crippen LogP contribution in [-0.2, 0) is 6.42 Å². The maximum Gasteiger partial charge on any atom is 0.0283 e. The van der Waals surface area contributed by atoms with E-state index in [1.54, 1.807) is 13.0 Å². The molecule has 1 aromatic carbocycles. The average molecular weight is 173 g/mol. The molecule has 0 spiro atoms. The van der Waals surface area contributed by atoms with Gasteiger partial charge in [-0.1, -0.05) is 37.3 Å². The highest BCUT2D eigenvalue weighted by Crippen LogP contribution is 2.06. The number of hydrogen-bond acceptors (Lipinski definition) is 1. The molecule has 0 saturated carbocycles. The fourth-order valence-electron chi connectivity index (χ4n) is 1.09. The zero-order chi connectivity index (χ0) is 9.68. The van der Waals surface area contributed by atoms with Gasteiger partial charge in [-0.2, -0.15) is 0 Å². The zero-order valence-corrected chi connectivity index (χ0v) is 8.17. The largest absolute Gasteiger partial charge is 0.306 e. The lowest BCUT2D eigenvalue weighted by molar-refractivity contribution is 1.14. The Morgan fingerprint density at radius 2 is 1.92 bits per heavy atom. The van der Waals surface area contributed by atoms with E-state index in [0.29, 0.717) is 5.71 Å². The van der Waals surface area contributed by atoms with Gasteiger partial charge in [-0.05, 0) is 30.5 Å². The minimum atomic E-state index is 0.583. The molecule has 0 bridgehead atoms. The number of nitrogens with one attached hydrogen (secondary N) is 1. The number of rotatable bonds is 3. The van der Waals surface area contributed by atoms with Crippen LogP contribution in [0.2, 0.25) is 0 Å². The van der Waals surface area contributed by atoms with E-state index in [-0.39, 0.29) is 0 Å². The first-order chi connectivity index (χ1) is 6.22. The lowest BCUT2D eigenvalue weighted by Gasteiger charge is -1.96. The molecule has 0 aliphatic carbocycles. The van der Waals surface area contributed by atoms with Crippen molar-refractivity contribution in [1.29, 1.82) is 5.41 Å². The van der Waals surface area contributed by atoms with Gasteiger partial charge in [-0.15, -0.1) is 0 Å². The second-order valence-corrected chi connectivity index (χ2v) is 3.11. The van der Waals surface area contributed by atoms with Crippen LogP contribution in [0.4, 0.5) is 0 Å². The molecule has 68 valence electrons. The Morgan fingerprint density at radius 1 is 1.31 bits per heavy atom. The molecule has 0 aliphatic rings. The summed E-state index contributed by atoms with van der Waals surface area (Å²) >= 11 is 0. The van der Waals surface area contributed by atoms with Crippen molar-refractivity contribution in [3.05, 3.63) is 41.5 Å². The summed E-state index contributed by atoms with van der Waals surface area (Å²) < 4.78 is 0. The third-order valence-electron chi connectivity index (χ3n) is 1.91. The lowest BCUT2D eigenvalue weighted by Crippen LogP contribution is -1.81. The monoisotopic (exact) mass is 173 g/mol. The molecule has 13 heavy (non-hydrogen) atoms. The van der Waals surface area contributed by atoms with Crippen LogP contribution in [0, 0.1) is 5.41 Å². The van der Waals surface area contributed by atoms with Crippen molar-refractivity contribution in [1.82, 2.24) is 0 Å². The Bertz CT molecular complexity index is 306. The summed E-state index contributed by atoms with van der Waals surface area (Å²) in [4.78, 5) is 0. The maximum absolute atomic E-state index is 7.24. The average Bonchev–Trinajstić information content (AvgIpc) is 2.15. The molecule has 0 radical (unpaired) electrons. The SMILES string of the molecule is CCc1ccc(/C=C/C(C)=N)cc1. The van der Waals surface area contributed by atoms with Crippen LogP contribution in [-0.4, -0.2) is 5.71 Å². The van der Waals surface area contributed by atoms with Gasteiger partial charge >= 0.3 is 0 Å². The van der Waals surface area contributed by atoms with Crippen molar-refractivity contribution < 1.29 is 0 Å². The molecule has 0 heterocycles. The van der Waals surface area contributed by atoms with E-state index in [1.807, 2.05) is 6.08 Å². The first-order valence-electron chi connectivity index (χ1n) is 4.54. The minimum absolute atomic E-state index is 0.583. The van der Waals surface area contributed by atoms with Gasteiger partial charge in [0.2, 0.25) is 0 Å². The van der Waals surface area contributed by atoms with Gasteiger partial charge in [0.1, 0.15) is 0 Å². The second-order valence-electron chi connectivity index (χ2n) is 3.11. The van der Waals surface area contributed by atoms with Crippen molar-refractivity contribution in [3.8, 4) is 0 Å². The molecular weight excluding hydrogens is 158 g/mol. The normalized spacial score (nSPS) is 10.6. The van der Waals surface area contributed by atoms with Crippen LogP contribution in [0.15, 0.2) is 30.3 Å². The molecule has 0 atom stereocenters. The van der Waals surface area contributed by atoms with Crippen molar-refractivity contribution in [3.63, 3.8) is 0 Å². The molecule has 0 unspecified atom stereocenters. The van der Waals surface area contributed by atoms with Gasteiger partial charge in [0.25, 0.3) is 0 Å². The summed E-state index contributed by atoms with van der Waals surface area (Å²) in [5, 5.41) is 7.24. The molecule has 1 rings (SSSR count). The highest BCUT2D eigenvalue weighted by atomic mass is 14.4. The van der Waals surface area contributed by atoms with Gasteiger partial charge in [-0.3, -0.25) is 0 Å². The van der Waals surface area contributed by atoms with Crippen molar-refractivity contribution in [2.75, 3.05) is 0 Å². The fourth-order valence-corrected chi connectivity index (χ4v) is 1.09. The molecule has 0 aromatic heterocycles. The van der Waals surface area contributed by atoms with E-state index in [1.165, 1.54) is 5.56 Å². The van der Waals surface area contributed by atoms with E-state index in [4.69, 9.17) is 5.41 Å². The first-order valence-corrected chi connectivity index (χ1v) is 4.54. The van der Waals surface area contributed by atoms with Crippen LogP contribution in [0.1, 0.15) is 25.0 Å². The van der Waals surface area contributed by atoms with E-state index >= 15 is 0 Å². The molecule has 1 heteroatoms. The van der Waals surface area contributed by atoms with Crippen LogP contribution in [0.3, 0.4) is 0 Å². The molecule has 1 aromatic rings. The fraction of sp³-hybridized carbons (Fsp3) is 0.250. The molecule has 1 nitrogen and oxygen atoms in total. The Hall–Kier alpha value is -1.37. The minimum Gasteiger partial charge on any atom is -0.306 e. The maximum atomic E-state index is 7.24. The molecular formula is C12H15N. The summed E-state index contributed by atoms with van der Waals surface area (Å²) in [5.41, 5.74) is 3.09. The number of aryl methyl sites for hydroxylation is 1. The third kappa shape index (κ3) is 3.24. The van der Waals surface area contributed by atoms with Gasteiger partial charge in [0.05, 0.1) is 0 Å². The van der Waals surface area contributed by atoms with E-state index < -0.39 is 0 Å². The summed E-state index contributed by atoms with van der Waals surface area (Å²) in [5.74, 6) is 0. The summed E-state index contributed by atoms with van der Waals surface area (Å²) in [6.45, 7) is 3.92. The third-order valence-corrected chi connectivity index (χ3v) is 1.91. The Kier molecular flexibility index (Phi) is 3.44. The molecule has 1 N–H and O–H groups in total. The summed E-state index contributed by atoms with van der Waals surface area (Å²) in [7, 11) is 0. The number of benzene rings is 1. The molecule has 0 fully saturated rings. The second kappa shape index (κ2) is 4.61. The number of allylic oxidation sites excluding steroid dienone is 1. The van der Waals surface area contributed by atoms with Gasteiger partial charge in [0.15, 0.2) is 0 Å². The summed E-state index contributed by atoms with van der Waals surface area (Å²) in [6, 6.07) is 8.41. The molecule has 0 amide bonds. The van der Waals surface area contributed by atoms with E-state index in [2.05, 4.69) is 31.2 Å². The highest BCUT2D eigenvalue weighted by molar-refractivity contribution is 5.93. The van der Waals surface area contributed by atoms with Crippen molar-refractivity contribution in [2.24, 2.45) is 0 Å². The Morgan fingerprint density at radius 3 is 2.38 bits per heavy atom. The van der Waals surface area contributed by atoms with Crippen LogP contribution >= 0.6 is 0 Å². The van der Waals surface area contributed by atoms with E-state index in [0.717, 1.165) is 12.0 Å². The molecule has 0 aliphatic heterocycles. The van der Waals surface area contributed by atoms with Gasteiger partial charge in [0, 0.05) is 5.71 Å². The standard InChI is InChI=1S/C12H15N/c1-3-11-6-8-12(9-7-11)5-4-10(2)13/h4-9,13H,3H2,1-2H3/b5-4+,13-10?. The van der Waals surface area contributed by atoms with Crippen LogP contribution in [0.25, 0.3) is 6.08 Å². The topological polar surface area (TPSA) is 23.9 Å². The predicted molar refractivity (Wildman–Crippen MR) is 58.3 cm³/mol. The summed E-state index contributed by atoms with van der Waals surface area (Å²) in [6.07, 6.45) is 4.84. The van der Waals surface area contributed by atoms with Crippen LogP contribution < -0.4 is 0 Å². The first kappa shape index (κ1) is 9.72. The Labute approximate surface area is 79.6 Å². The van der Waals surface area contributed by atoms with Gasteiger partial charge < -0.3 is 5.41 Å². The zero-order valence-electron chi connectivity index (χ0n) is 8.17. The smallest absolute Gasteiger partial charge is 0.0283 e.